The molecule has 0 radical (unpaired) electrons. The number of fused-ring (bicyclic) bond motifs is 1. The van der Waals surface area contributed by atoms with Gasteiger partial charge in [-0.1, -0.05) is 18.2 Å². The Morgan fingerprint density at radius 1 is 1.15 bits per heavy atom. The van der Waals surface area contributed by atoms with Crippen LogP contribution in [-0.2, 0) is 14.8 Å². The normalized spacial score (nSPS) is 18.9. The fourth-order valence-corrected chi connectivity index (χ4v) is 5.38. The van der Waals surface area contributed by atoms with Crippen LogP contribution in [0.5, 0.6) is 0 Å². The first-order chi connectivity index (χ1) is 15.5. The zero-order chi connectivity index (χ0) is 23.8. The van der Waals surface area contributed by atoms with Crippen LogP contribution >= 0.6 is 0 Å². The van der Waals surface area contributed by atoms with E-state index >= 15 is 0 Å². The summed E-state index contributed by atoms with van der Waals surface area (Å²) < 4.78 is 32.7. The molecular weight excluding hydrogens is 442 g/mol. The molecule has 0 spiro atoms. The van der Waals surface area contributed by atoms with E-state index in [2.05, 4.69) is 15.6 Å². The lowest BCUT2D eigenvalue weighted by molar-refractivity contribution is 0.0505. The van der Waals surface area contributed by atoms with Crippen molar-refractivity contribution in [1.29, 1.82) is 0 Å². The Hall–Kier alpha value is -3.27. The van der Waals surface area contributed by atoms with Gasteiger partial charge in [0.2, 0.25) is 0 Å². The summed E-state index contributed by atoms with van der Waals surface area (Å²) in [5.41, 5.74) is 7.03. The van der Waals surface area contributed by atoms with Crippen LogP contribution in [0.1, 0.15) is 40.0 Å². The molecule has 2 heterocycles. The van der Waals surface area contributed by atoms with E-state index in [1.165, 1.54) is 16.4 Å². The van der Waals surface area contributed by atoms with Gasteiger partial charge in [-0.3, -0.25) is 0 Å². The first kappa shape index (κ1) is 22.9. The molecule has 0 saturated heterocycles. The minimum Gasteiger partial charge on any atom is -0.444 e. The van der Waals surface area contributed by atoms with Crippen molar-refractivity contribution in [1.82, 2.24) is 14.3 Å². The van der Waals surface area contributed by atoms with Crippen LogP contribution in [-0.4, -0.2) is 41.2 Å². The van der Waals surface area contributed by atoms with Crippen molar-refractivity contribution >= 4 is 38.5 Å². The highest BCUT2D eigenvalue weighted by molar-refractivity contribution is 7.90. The SMILES string of the molecule is CC(C)(C)OC(=O)N[C@H]1CC[C@@H](Nc2c(N)cnc3c2ccn3S(=O)(=O)c2ccccc2)C1. The van der Waals surface area contributed by atoms with Crippen LogP contribution in [0.3, 0.4) is 0 Å². The number of hydrogen-bond acceptors (Lipinski definition) is 7. The zero-order valence-electron chi connectivity index (χ0n) is 18.9. The van der Waals surface area contributed by atoms with E-state index < -0.39 is 21.7 Å². The van der Waals surface area contributed by atoms with Gasteiger partial charge in [-0.05, 0) is 58.2 Å². The number of pyridine rings is 1. The summed E-state index contributed by atoms with van der Waals surface area (Å²) in [6.07, 6.45) is 4.86. The number of anilines is 2. The summed E-state index contributed by atoms with van der Waals surface area (Å²) in [7, 11) is -3.79. The molecule has 1 saturated carbocycles. The Balaban J connectivity index is 1.54. The lowest BCUT2D eigenvalue weighted by atomic mass is 10.2. The first-order valence-electron chi connectivity index (χ1n) is 10.9. The number of nitrogens with zero attached hydrogens (tertiary/aromatic N) is 2. The largest absolute Gasteiger partial charge is 0.444 e. The molecule has 4 rings (SSSR count). The molecular formula is C23H29N5O4S. The molecule has 0 unspecified atom stereocenters. The molecule has 1 aromatic carbocycles. The fourth-order valence-electron chi connectivity index (χ4n) is 4.06. The second-order valence-corrected chi connectivity index (χ2v) is 11.1. The maximum absolute atomic E-state index is 13.1. The van der Waals surface area contributed by atoms with E-state index in [-0.39, 0.29) is 17.0 Å². The highest BCUT2D eigenvalue weighted by Crippen LogP contribution is 2.33. The Morgan fingerprint density at radius 2 is 1.85 bits per heavy atom. The van der Waals surface area contributed by atoms with Crippen molar-refractivity contribution < 1.29 is 17.9 Å². The third kappa shape index (κ3) is 4.90. The topological polar surface area (TPSA) is 128 Å². The molecule has 33 heavy (non-hydrogen) atoms. The maximum Gasteiger partial charge on any atom is 0.407 e. The van der Waals surface area contributed by atoms with Gasteiger partial charge in [-0.2, -0.15) is 0 Å². The predicted octanol–water partition coefficient (Wildman–Crippen LogP) is 3.71. The van der Waals surface area contributed by atoms with E-state index in [0.717, 1.165) is 12.8 Å². The monoisotopic (exact) mass is 471 g/mol. The van der Waals surface area contributed by atoms with E-state index in [1.54, 1.807) is 36.4 Å². The summed E-state index contributed by atoms with van der Waals surface area (Å²) in [5.74, 6) is 0. The first-order valence-corrected chi connectivity index (χ1v) is 12.3. The lowest BCUT2D eigenvalue weighted by Crippen LogP contribution is -2.38. The molecule has 1 amide bonds. The van der Waals surface area contributed by atoms with Gasteiger partial charge < -0.3 is 21.1 Å². The number of amides is 1. The van der Waals surface area contributed by atoms with Crippen molar-refractivity contribution in [3.63, 3.8) is 0 Å². The van der Waals surface area contributed by atoms with E-state index in [4.69, 9.17) is 10.5 Å². The zero-order valence-corrected chi connectivity index (χ0v) is 19.7. The minimum absolute atomic E-state index is 0.0149. The van der Waals surface area contributed by atoms with Crippen molar-refractivity contribution in [2.24, 2.45) is 0 Å². The van der Waals surface area contributed by atoms with Crippen molar-refractivity contribution in [3.05, 3.63) is 48.8 Å². The maximum atomic E-state index is 13.1. The molecule has 0 bridgehead atoms. The predicted molar refractivity (Wildman–Crippen MR) is 128 cm³/mol. The summed E-state index contributed by atoms with van der Waals surface area (Å²) in [6, 6.07) is 9.97. The highest BCUT2D eigenvalue weighted by atomic mass is 32.2. The molecule has 1 aliphatic carbocycles. The molecule has 176 valence electrons. The minimum atomic E-state index is -3.79. The van der Waals surface area contributed by atoms with Crippen molar-refractivity contribution in [2.75, 3.05) is 11.1 Å². The van der Waals surface area contributed by atoms with Crippen molar-refractivity contribution in [3.8, 4) is 0 Å². The third-order valence-corrected chi connectivity index (χ3v) is 7.19. The number of rotatable bonds is 5. The van der Waals surface area contributed by atoms with Crippen LogP contribution in [0.4, 0.5) is 16.2 Å². The van der Waals surface area contributed by atoms with Gasteiger partial charge in [0.05, 0.1) is 22.5 Å². The van der Waals surface area contributed by atoms with Gasteiger partial charge in [0, 0.05) is 23.7 Å². The fraction of sp³-hybridized carbons (Fsp3) is 0.391. The van der Waals surface area contributed by atoms with E-state index in [1.807, 2.05) is 20.8 Å². The van der Waals surface area contributed by atoms with Gasteiger partial charge in [0.15, 0.2) is 5.65 Å². The number of hydrogen-bond donors (Lipinski definition) is 3. The van der Waals surface area contributed by atoms with Crippen LogP contribution in [0.25, 0.3) is 11.0 Å². The molecule has 2 aromatic heterocycles. The number of carbonyl (C=O) groups is 1. The second kappa shape index (κ2) is 8.58. The van der Waals surface area contributed by atoms with Gasteiger partial charge in [-0.25, -0.2) is 22.2 Å². The molecule has 0 aliphatic heterocycles. The van der Waals surface area contributed by atoms with Crippen LogP contribution in [0.2, 0.25) is 0 Å². The van der Waals surface area contributed by atoms with Gasteiger partial charge >= 0.3 is 6.09 Å². The van der Waals surface area contributed by atoms with Crippen molar-refractivity contribution in [2.45, 2.75) is 62.6 Å². The number of carbonyl (C=O) groups excluding carboxylic acids is 1. The Kier molecular flexibility index (Phi) is 5.96. The number of nitrogens with one attached hydrogen (secondary N) is 2. The molecule has 10 heteroatoms. The molecule has 1 fully saturated rings. The molecule has 2 atom stereocenters. The van der Waals surface area contributed by atoms with Gasteiger partial charge in [0.25, 0.3) is 10.0 Å². The van der Waals surface area contributed by atoms with Crippen LogP contribution < -0.4 is 16.4 Å². The molecule has 9 nitrogen and oxygen atoms in total. The summed E-state index contributed by atoms with van der Waals surface area (Å²) in [5, 5.41) is 6.98. The van der Waals surface area contributed by atoms with Crippen LogP contribution in [0.15, 0.2) is 53.7 Å². The van der Waals surface area contributed by atoms with Gasteiger partial charge in [-0.15, -0.1) is 0 Å². The second-order valence-electron chi connectivity index (χ2n) is 9.25. The van der Waals surface area contributed by atoms with Crippen LogP contribution in [0, 0.1) is 0 Å². The number of benzene rings is 1. The number of alkyl carbamates (subject to hydrolysis) is 1. The quantitative estimate of drug-likeness (QED) is 0.517. The summed E-state index contributed by atoms with van der Waals surface area (Å²) in [4.78, 5) is 16.6. The standard InChI is InChI=1S/C23H29N5O4S/c1-23(2,3)32-22(29)27-16-10-9-15(13-16)26-20-18-11-12-28(21(18)25-14-19(20)24)33(30,31)17-7-5-4-6-8-17/h4-8,11-12,14-16H,9-10,13,24H2,1-3H3,(H,25,26)(H,27,29)/t15-,16+/m1/s1. The van der Waals surface area contributed by atoms with Gasteiger partial charge in [0.1, 0.15) is 5.60 Å². The highest BCUT2D eigenvalue weighted by Gasteiger charge is 2.29. The Bertz CT molecular complexity index is 1270. The number of aromatic nitrogens is 2. The Labute approximate surface area is 193 Å². The third-order valence-electron chi connectivity index (χ3n) is 5.51. The summed E-state index contributed by atoms with van der Waals surface area (Å²) >= 11 is 0. The average molecular weight is 472 g/mol. The number of ether oxygens (including phenoxy) is 1. The summed E-state index contributed by atoms with van der Waals surface area (Å²) in [6.45, 7) is 5.48. The number of nitrogen functional groups attached to an aromatic ring is 1. The van der Waals surface area contributed by atoms with E-state index in [0.29, 0.717) is 28.8 Å². The molecule has 3 aromatic rings. The Morgan fingerprint density at radius 3 is 2.55 bits per heavy atom. The molecule has 4 N–H and O–H groups in total. The van der Waals surface area contributed by atoms with E-state index in [9.17, 15) is 13.2 Å². The lowest BCUT2D eigenvalue weighted by Gasteiger charge is -2.22. The average Bonchev–Trinajstić information content (AvgIpc) is 3.36. The smallest absolute Gasteiger partial charge is 0.407 e. The molecule has 1 aliphatic rings. The number of nitrogens with two attached hydrogens (primary N) is 1.